The van der Waals surface area contributed by atoms with Gasteiger partial charge in [0.25, 0.3) is 5.91 Å². The van der Waals surface area contributed by atoms with Crippen molar-refractivity contribution in [2.24, 2.45) is 5.84 Å². The lowest BCUT2D eigenvalue weighted by molar-refractivity contribution is 0.0969. The third-order valence-corrected chi connectivity index (χ3v) is 2.81. The fourth-order valence-electron chi connectivity index (χ4n) is 1.88. The maximum Gasteiger partial charge on any atom is 0.257 e. The monoisotopic (exact) mass is 268 g/mol. The van der Waals surface area contributed by atoms with E-state index >= 15 is 0 Å². The number of nitrogens with zero attached hydrogens (tertiary/aromatic N) is 1. The first kappa shape index (κ1) is 13.8. The molecule has 0 radical (unpaired) electrons. The predicted octanol–water partition coefficient (Wildman–Crippen LogP) is 1.83. The molecule has 0 aliphatic rings. The van der Waals surface area contributed by atoms with E-state index in [9.17, 15) is 4.79 Å². The number of hydrazine groups is 1. The molecule has 0 saturated heterocycles. The minimum Gasteiger partial charge on any atom is -0.329 e. The van der Waals surface area contributed by atoms with E-state index in [0.717, 1.165) is 5.56 Å². The second-order valence-electron chi connectivity index (χ2n) is 4.18. The van der Waals surface area contributed by atoms with Crippen molar-refractivity contribution < 1.29 is 4.79 Å². The number of aromatic nitrogens is 1. The van der Waals surface area contributed by atoms with Crippen LogP contribution in [-0.4, -0.2) is 10.9 Å². The van der Waals surface area contributed by atoms with Gasteiger partial charge in [0.1, 0.15) is 5.82 Å². The number of rotatable bonds is 5. The molecule has 102 valence electrons. The molecule has 1 aromatic heterocycles. The van der Waals surface area contributed by atoms with Crippen molar-refractivity contribution in [2.75, 3.05) is 5.43 Å². The van der Waals surface area contributed by atoms with E-state index < -0.39 is 0 Å². The molecule has 2 aromatic rings. The van der Waals surface area contributed by atoms with E-state index in [1.165, 1.54) is 6.20 Å². The molecule has 0 atom stereocenters. The highest BCUT2D eigenvalue weighted by molar-refractivity contribution is 5.96. The summed E-state index contributed by atoms with van der Waals surface area (Å²) >= 11 is 0. The van der Waals surface area contributed by atoms with Crippen molar-refractivity contribution in [3.05, 3.63) is 72.1 Å². The van der Waals surface area contributed by atoms with Crippen LogP contribution in [0.1, 0.15) is 21.6 Å². The molecule has 0 spiro atoms. The number of benzene rings is 1. The van der Waals surface area contributed by atoms with Gasteiger partial charge in [-0.2, -0.15) is 0 Å². The molecular formula is C15H16N4O. The van der Waals surface area contributed by atoms with Gasteiger partial charge in [0.15, 0.2) is 0 Å². The van der Waals surface area contributed by atoms with Crippen LogP contribution in [0.25, 0.3) is 0 Å². The van der Waals surface area contributed by atoms with Crippen molar-refractivity contribution >= 4 is 11.7 Å². The molecule has 1 amide bonds. The first-order valence-electron chi connectivity index (χ1n) is 6.17. The number of nitrogens with two attached hydrogens (primary N) is 1. The summed E-state index contributed by atoms with van der Waals surface area (Å²) in [4.78, 5) is 16.3. The van der Waals surface area contributed by atoms with E-state index in [2.05, 4.69) is 22.3 Å². The maximum atomic E-state index is 12.0. The Kier molecular flexibility index (Phi) is 4.47. The van der Waals surface area contributed by atoms with E-state index in [1.54, 1.807) is 12.1 Å². The molecule has 0 unspecified atom stereocenters. The van der Waals surface area contributed by atoms with Crippen molar-refractivity contribution in [3.63, 3.8) is 0 Å². The van der Waals surface area contributed by atoms with Gasteiger partial charge < -0.3 is 10.7 Å². The number of carbonyl (C=O) groups is 1. The third-order valence-electron chi connectivity index (χ3n) is 2.81. The van der Waals surface area contributed by atoms with Crippen LogP contribution in [0.3, 0.4) is 0 Å². The highest BCUT2D eigenvalue weighted by Crippen LogP contribution is 2.15. The lowest BCUT2D eigenvalue weighted by Crippen LogP contribution is -2.20. The summed E-state index contributed by atoms with van der Waals surface area (Å²) in [6, 6.07) is 13.2. The van der Waals surface area contributed by atoms with Gasteiger partial charge in [-0.1, -0.05) is 36.9 Å². The Balaban J connectivity index is 2.37. The number of nitrogens with one attached hydrogen (secondary N) is 2. The molecular weight excluding hydrogens is 252 g/mol. The summed E-state index contributed by atoms with van der Waals surface area (Å²) in [6.07, 6.45) is 1.90. The van der Waals surface area contributed by atoms with Gasteiger partial charge in [0.2, 0.25) is 0 Å². The second kappa shape index (κ2) is 6.49. The molecule has 2 rings (SSSR count). The first-order chi connectivity index (χ1) is 9.74. The Morgan fingerprint density at radius 2 is 2.00 bits per heavy atom. The number of hydrogen-bond donors (Lipinski definition) is 3. The second-order valence-corrected chi connectivity index (χ2v) is 4.18. The SMILES string of the molecule is C=CNC(=O)c1ccc(NN)nc1Cc1ccccc1. The van der Waals surface area contributed by atoms with Crippen molar-refractivity contribution in [3.8, 4) is 0 Å². The van der Waals surface area contributed by atoms with Crippen LogP contribution in [0.5, 0.6) is 0 Å². The Morgan fingerprint density at radius 1 is 1.25 bits per heavy atom. The minimum atomic E-state index is -0.234. The highest BCUT2D eigenvalue weighted by atomic mass is 16.1. The van der Waals surface area contributed by atoms with Crippen LogP contribution in [0.15, 0.2) is 55.2 Å². The molecule has 4 N–H and O–H groups in total. The van der Waals surface area contributed by atoms with Gasteiger partial charge in [-0.25, -0.2) is 10.8 Å². The van der Waals surface area contributed by atoms with Crippen LogP contribution < -0.4 is 16.6 Å². The molecule has 5 nitrogen and oxygen atoms in total. The van der Waals surface area contributed by atoms with E-state index in [4.69, 9.17) is 5.84 Å². The Morgan fingerprint density at radius 3 is 2.65 bits per heavy atom. The van der Waals surface area contributed by atoms with E-state index in [1.807, 2.05) is 30.3 Å². The summed E-state index contributed by atoms with van der Waals surface area (Å²) in [6.45, 7) is 3.49. The smallest absolute Gasteiger partial charge is 0.257 e. The molecule has 0 fully saturated rings. The van der Waals surface area contributed by atoms with Gasteiger partial charge >= 0.3 is 0 Å². The molecule has 5 heteroatoms. The lowest BCUT2D eigenvalue weighted by atomic mass is 10.0. The Labute approximate surface area is 117 Å². The van der Waals surface area contributed by atoms with Gasteiger partial charge in [0, 0.05) is 6.42 Å². The quantitative estimate of drug-likeness (QED) is 0.571. The number of pyridine rings is 1. The molecule has 1 aromatic carbocycles. The van der Waals surface area contributed by atoms with Crippen molar-refractivity contribution in [2.45, 2.75) is 6.42 Å². The zero-order valence-electron chi connectivity index (χ0n) is 11.0. The van der Waals surface area contributed by atoms with E-state index in [0.29, 0.717) is 23.5 Å². The number of nitrogen functional groups attached to an aromatic ring is 1. The lowest BCUT2D eigenvalue weighted by Gasteiger charge is -2.10. The number of hydrogen-bond acceptors (Lipinski definition) is 4. The average Bonchev–Trinajstić information content (AvgIpc) is 2.48. The molecule has 1 heterocycles. The maximum absolute atomic E-state index is 12.0. The highest BCUT2D eigenvalue weighted by Gasteiger charge is 2.13. The zero-order chi connectivity index (χ0) is 14.4. The van der Waals surface area contributed by atoms with Crippen LogP contribution >= 0.6 is 0 Å². The molecule has 20 heavy (non-hydrogen) atoms. The van der Waals surface area contributed by atoms with Gasteiger partial charge in [0.05, 0.1) is 11.3 Å². The van der Waals surface area contributed by atoms with Crippen molar-refractivity contribution in [1.82, 2.24) is 10.3 Å². The normalized spacial score (nSPS) is 9.85. The van der Waals surface area contributed by atoms with Gasteiger partial charge in [-0.3, -0.25) is 4.79 Å². The van der Waals surface area contributed by atoms with Gasteiger partial charge in [-0.05, 0) is 23.9 Å². The summed E-state index contributed by atoms with van der Waals surface area (Å²) in [5.74, 6) is 5.65. The van der Waals surface area contributed by atoms with Crippen LogP contribution in [0.2, 0.25) is 0 Å². The summed E-state index contributed by atoms with van der Waals surface area (Å²) in [5, 5.41) is 2.56. The summed E-state index contributed by atoms with van der Waals surface area (Å²) in [7, 11) is 0. The summed E-state index contributed by atoms with van der Waals surface area (Å²) in [5.41, 5.74) is 4.72. The predicted molar refractivity (Wildman–Crippen MR) is 79.0 cm³/mol. The topological polar surface area (TPSA) is 80.0 Å². The largest absolute Gasteiger partial charge is 0.329 e. The van der Waals surface area contributed by atoms with Crippen LogP contribution in [0, 0.1) is 0 Å². The van der Waals surface area contributed by atoms with Crippen LogP contribution in [0.4, 0.5) is 5.82 Å². The van der Waals surface area contributed by atoms with E-state index in [-0.39, 0.29) is 5.91 Å². The molecule has 0 saturated carbocycles. The fourth-order valence-corrected chi connectivity index (χ4v) is 1.88. The minimum absolute atomic E-state index is 0.234. The number of carbonyl (C=O) groups excluding carboxylic acids is 1. The number of anilines is 1. The Hall–Kier alpha value is -2.66. The summed E-state index contributed by atoms with van der Waals surface area (Å²) < 4.78 is 0. The molecule has 0 aliphatic heterocycles. The Bertz CT molecular complexity index is 611. The van der Waals surface area contributed by atoms with Gasteiger partial charge in [-0.15, -0.1) is 0 Å². The standard InChI is InChI=1S/C15H16N4O/c1-2-17-15(20)12-8-9-14(19-16)18-13(12)10-11-6-4-3-5-7-11/h2-9H,1,10,16H2,(H,17,20)(H,18,19). The van der Waals surface area contributed by atoms with Crippen LogP contribution in [-0.2, 0) is 6.42 Å². The van der Waals surface area contributed by atoms with Crippen molar-refractivity contribution in [1.29, 1.82) is 0 Å². The molecule has 0 bridgehead atoms. The third kappa shape index (κ3) is 3.21. The fraction of sp³-hybridized carbons (Fsp3) is 0.0667. The number of amides is 1. The first-order valence-corrected chi connectivity index (χ1v) is 6.17. The molecule has 0 aliphatic carbocycles. The zero-order valence-corrected chi connectivity index (χ0v) is 11.0. The average molecular weight is 268 g/mol.